The number of carbonyl (C=O) groups excluding carboxylic acids is 1. The van der Waals surface area contributed by atoms with Crippen LogP contribution in [0.25, 0.3) is 0 Å². The minimum Gasteiger partial charge on any atom is -0.374 e. The molecule has 24 heavy (non-hydrogen) atoms. The SMILES string of the molecule is COC(C[SiH3])C(NC(=O)NC(OC)(OC)C(C[SiH3])OC)(OC)OC. The summed E-state index contributed by atoms with van der Waals surface area (Å²) in [7, 11) is 10.5. The van der Waals surface area contributed by atoms with Crippen molar-refractivity contribution in [3.63, 3.8) is 0 Å². The van der Waals surface area contributed by atoms with Crippen molar-refractivity contribution in [2.24, 2.45) is 0 Å². The van der Waals surface area contributed by atoms with E-state index in [9.17, 15) is 4.79 Å². The second-order valence-corrected chi connectivity index (χ2v) is 6.63. The number of rotatable bonds is 12. The van der Waals surface area contributed by atoms with Crippen LogP contribution in [0.4, 0.5) is 4.79 Å². The van der Waals surface area contributed by atoms with Crippen molar-refractivity contribution in [1.82, 2.24) is 10.6 Å². The first-order valence-corrected chi connectivity index (χ1v) is 10.6. The molecule has 0 rings (SSSR count). The van der Waals surface area contributed by atoms with E-state index in [1.54, 1.807) is 0 Å². The average Bonchev–Trinajstić information content (AvgIpc) is 2.61. The second-order valence-electron chi connectivity index (χ2n) is 5.00. The Balaban J connectivity index is 5.37. The fourth-order valence-electron chi connectivity index (χ4n) is 2.59. The van der Waals surface area contributed by atoms with Crippen LogP contribution in [0.3, 0.4) is 0 Å². The molecule has 0 aromatic heterocycles. The van der Waals surface area contributed by atoms with Gasteiger partial charge in [-0.05, 0) is 12.1 Å². The molecular formula is C13H32N2O7Si2. The molecule has 0 aliphatic heterocycles. The van der Waals surface area contributed by atoms with E-state index in [0.717, 1.165) is 20.5 Å². The summed E-state index contributed by atoms with van der Waals surface area (Å²) in [5, 5.41) is 5.31. The number of nitrogens with one attached hydrogen (secondary N) is 2. The van der Waals surface area contributed by atoms with Crippen molar-refractivity contribution >= 4 is 26.5 Å². The minimum absolute atomic E-state index is 0.457. The molecule has 0 fully saturated rings. The third-order valence-corrected chi connectivity index (χ3v) is 5.43. The largest absolute Gasteiger partial charge is 0.374 e. The zero-order chi connectivity index (χ0) is 18.8. The van der Waals surface area contributed by atoms with Gasteiger partial charge in [0.15, 0.2) is 0 Å². The molecular weight excluding hydrogens is 352 g/mol. The summed E-state index contributed by atoms with van der Waals surface area (Å²) in [4.78, 5) is 12.6. The van der Waals surface area contributed by atoms with Crippen LogP contribution in [-0.2, 0) is 28.4 Å². The predicted octanol–water partition coefficient (Wildman–Crippen LogP) is -2.22. The second kappa shape index (κ2) is 11.2. The third kappa shape index (κ3) is 5.23. The maximum atomic E-state index is 12.6. The van der Waals surface area contributed by atoms with Crippen LogP contribution in [0.5, 0.6) is 0 Å². The molecule has 144 valence electrons. The van der Waals surface area contributed by atoms with E-state index in [1.807, 2.05) is 0 Å². The fourth-order valence-corrected chi connectivity index (χ4v) is 4.33. The first kappa shape index (κ1) is 23.5. The third-order valence-electron chi connectivity index (χ3n) is 3.95. The van der Waals surface area contributed by atoms with Gasteiger partial charge >= 0.3 is 6.03 Å². The van der Waals surface area contributed by atoms with Gasteiger partial charge in [0.25, 0.3) is 11.8 Å². The van der Waals surface area contributed by atoms with E-state index >= 15 is 0 Å². The quantitative estimate of drug-likeness (QED) is 0.291. The summed E-state index contributed by atoms with van der Waals surface area (Å²) in [5.41, 5.74) is 0. The predicted molar refractivity (Wildman–Crippen MR) is 96.3 cm³/mol. The number of carbonyl (C=O) groups is 1. The first-order chi connectivity index (χ1) is 11.4. The van der Waals surface area contributed by atoms with E-state index in [0.29, 0.717) is 12.1 Å². The Morgan fingerprint density at radius 3 is 1.25 bits per heavy atom. The van der Waals surface area contributed by atoms with Crippen molar-refractivity contribution in [1.29, 1.82) is 0 Å². The molecule has 0 saturated carbocycles. The topological polar surface area (TPSA) is 96.5 Å². The first-order valence-electron chi connectivity index (χ1n) is 7.75. The summed E-state index contributed by atoms with van der Waals surface area (Å²) in [5.74, 6) is -2.84. The molecule has 0 bridgehead atoms. The van der Waals surface area contributed by atoms with Gasteiger partial charge in [-0.15, -0.1) is 0 Å². The highest BCUT2D eigenvalue weighted by Crippen LogP contribution is 2.21. The van der Waals surface area contributed by atoms with Crippen molar-refractivity contribution in [2.75, 3.05) is 42.7 Å². The van der Waals surface area contributed by atoms with Crippen molar-refractivity contribution in [3.05, 3.63) is 0 Å². The van der Waals surface area contributed by atoms with Gasteiger partial charge in [-0.25, -0.2) is 4.79 Å². The van der Waals surface area contributed by atoms with Crippen LogP contribution in [0.2, 0.25) is 12.1 Å². The zero-order valence-corrected chi connectivity index (χ0v) is 19.9. The lowest BCUT2D eigenvalue weighted by atomic mass is 10.2. The molecule has 2 N–H and O–H groups in total. The lowest BCUT2D eigenvalue weighted by Gasteiger charge is -2.40. The highest BCUT2D eigenvalue weighted by Gasteiger charge is 2.45. The molecule has 0 heterocycles. The van der Waals surface area contributed by atoms with Crippen molar-refractivity contribution in [2.45, 2.75) is 36.1 Å². The monoisotopic (exact) mass is 384 g/mol. The van der Waals surface area contributed by atoms with Crippen LogP contribution in [0.1, 0.15) is 0 Å². The van der Waals surface area contributed by atoms with Gasteiger partial charge in [-0.2, -0.15) is 0 Å². The van der Waals surface area contributed by atoms with Gasteiger partial charge < -0.3 is 28.4 Å². The average molecular weight is 385 g/mol. The Bertz CT molecular complexity index is 328. The molecule has 0 saturated heterocycles. The Morgan fingerprint density at radius 2 is 1.08 bits per heavy atom. The summed E-state index contributed by atoms with van der Waals surface area (Å²) in [6.45, 7) is 0. The number of amides is 2. The Kier molecular flexibility index (Phi) is 10.9. The van der Waals surface area contributed by atoms with E-state index in [2.05, 4.69) is 10.6 Å². The fraction of sp³-hybridized carbons (Fsp3) is 0.923. The molecule has 0 aliphatic rings. The highest BCUT2D eigenvalue weighted by molar-refractivity contribution is 6.09. The molecule has 2 atom stereocenters. The van der Waals surface area contributed by atoms with Gasteiger partial charge in [0.1, 0.15) is 12.2 Å². The number of methoxy groups -OCH3 is 6. The molecule has 0 spiro atoms. The molecule has 9 nitrogen and oxygen atoms in total. The standard InChI is InChI=1S/C13H32N2O7Si2/c1-17-9(7-23)12(19-3,20-4)14-11(16)15-13(21-5,22-6)10(8-24)18-2/h9-10H,7-8H2,1-6,23-24H3,(H2,14,15,16). The Labute approximate surface area is 149 Å². The molecule has 2 unspecified atom stereocenters. The number of hydrogen-bond acceptors (Lipinski definition) is 7. The minimum atomic E-state index is -1.42. The molecule has 0 aromatic carbocycles. The Morgan fingerprint density at radius 1 is 0.792 bits per heavy atom. The van der Waals surface area contributed by atoms with Crippen LogP contribution >= 0.6 is 0 Å². The van der Waals surface area contributed by atoms with E-state index in [4.69, 9.17) is 28.4 Å². The van der Waals surface area contributed by atoms with E-state index < -0.39 is 30.1 Å². The Hall–Kier alpha value is -0.536. The zero-order valence-electron chi connectivity index (χ0n) is 15.9. The van der Waals surface area contributed by atoms with Crippen molar-refractivity contribution < 1.29 is 33.2 Å². The summed E-state index contributed by atoms with van der Waals surface area (Å²) < 4.78 is 32.3. The number of urea groups is 1. The van der Waals surface area contributed by atoms with Gasteiger partial charge in [0, 0.05) is 63.1 Å². The highest BCUT2D eigenvalue weighted by atomic mass is 28.1. The van der Waals surface area contributed by atoms with Crippen LogP contribution < -0.4 is 10.6 Å². The van der Waals surface area contributed by atoms with Gasteiger partial charge in [-0.1, -0.05) is 0 Å². The summed E-state index contributed by atoms with van der Waals surface area (Å²) in [6.07, 6.45) is -0.914. The van der Waals surface area contributed by atoms with Crippen LogP contribution in [0, 0.1) is 0 Å². The summed E-state index contributed by atoms with van der Waals surface area (Å²) >= 11 is 0. The lowest BCUT2D eigenvalue weighted by Crippen LogP contribution is -2.67. The van der Waals surface area contributed by atoms with Crippen molar-refractivity contribution in [3.8, 4) is 0 Å². The van der Waals surface area contributed by atoms with Gasteiger partial charge in [0.2, 0.25) is 0 Å². The van der Waals surface area contributed by atoms with E-state index in [-0.39, 0.29) is 0 Å². The summed E-state index contributed by atoms with van der Waals surface area (Å²) in [6, 6.07) is 0.787. The normalized spacial score (nSPS) is 15.2. The molecule has 0 radical (unpaired) electrons. The number of ether oxygens (including phenoxy) is 6. The van der Waals surface area contributed by atoms with Crippen LogP contribution in [0.15, 0.2) is 0 Å². The maximum absolute atomic E-state index is 12.6. The number of hydrogen-bond donors (Lipinski definition) is 2. The molecule has 11 heteroatoms. The maximum Gasteiger partial charge on any atom is 0.323 e. The molecule has 2 amide bonds. The van der Waals surface area contributed by atoms with Gasteiger partial charge in [0.05, 0.1) is 0 Å². The van der Waals surface area contributed by atoms with Crippen LogP contribution in [-0.4, -0.2) is 93.2 Å². The smallest absolute Gasteiger partial charge is 0.323 e. The molecule has 0 aromatic rings. The van der Waals surface area contributed by atoms with Gasteiger partial charge in [-0.3, -0.25) is 10.6 Å². The molecule has 0 aliphatic carbocycles. The van der Waals surface area contributed by atoms with E-state index in [1.165, 1.54) is 42.7 Å². The lowest BCUT2D eigenvalue weighted by molar-refractivity contribution is -0.281.